The van der Waals surface area contributed by atoms with Crippen molar-refractivity contribution in [1.29, 1.82) is 0 Å². The van der Waals surface area contributed by atoms with E-state index in [9.17, 15) is 9.59 Å². The molecule has 0 bridgehead atoms. The predicted molar refractivity (Wildman–Crippen MR) is 70.2 cm³/mol. The lowest BCUT2D eigenvalue weighted by atomic mass is 9.97. The summed E-state index contributed by atoms with van der Waals surface area (Å²) in [5.74, 6) is 0.284. The third kappa shape index (κ3) is 2.63. The maximum Gasteiger partial charge on any atom is 0.246 e. The van der Waals surface area contributed by atoms with Gasteiger partial charge >= 0.3 is 0 Å². The Morgan fingerprint density at radius 3 is 2.55 bits per heavy atom. The number of tetrazole rings is 1. The van der Waals surface area contributed by atoms with E-state index < -0.39 is 12.1 Å². The maximum absolute atomic E-state index is 12.5. The third-order valence-corrected chi connectivity index (χ3v) is 3.44. The second kappa shape index (κ2) is 5.56. The monoisotopic (exact) mass is 280 g/mol. The zero-order chi connectivity index (χ0) is 14.9. The summed E-state index contributed by atoms with van der Waals surface area (Å²) >= 11 is 0. The van der Waals surface area contributed by atoms with Gasteiger partial charge in [-0.2, -0.15) is 4.80 Å². The van der Waals surface area contributed by atoms with Crippen LogP contribution in [0.2, 0.25) is 0 Å². The van der Waals surface area contributed by atoms with Crippen LogP contribution in [0.1, 0.15) is 33.0 Å². The normalized spacial score (nSPS) is 23.4. The first-order valence-electron chi connectivity index (χ1n) is 6.77. The summed E-state index contributed by atoms with van der Waals surface area (Å²) in [6, 6.07) is -0.955. The SMILES string of the molecule is CCC1C(=O)NC(C(C)C)C(=O)N1Cc1nnn(C)n1. The quantitative estimate of drug-likeness (QED) is 0.800. The van der Waals surface area contributed by atoms with Crippen LogP contribution in [0.25, 0.3) is 0 Å². The lowest BCUT2D eigenvalue weighted by molar-refractivity contribution is -0.151. The number of nitrogens with one attached hydrogen (secondary N) is 1. The van der Waals surface area contributed by atoms with Crippen molar-refractivity contribution in [2.24, 2.45) is 13.0 Å². The minimum Gasteiger partial charge on any atom is -0.342 e. The number of aryl methyl sites for hydroxylation is 1. The highest BCUT2D eigenvalue weighted by Crippen LogP contribution is 2.19. The number of hydrogen-bond acceptors (Lipinski definition) is 5. The Kier molecular flexibility index (Phi) is 4.01. The molecule has 8 nitrogen and oxygen atoms in total. The van der Waals surface area contributed by atoms with Crippen molar-refractivity contribution in [3.05, 3.63) is 5.82 Å². The molecule has 1 fully saturated rings. The topological polar surface area (TPSA) is 93.0 Å². The van der Waals surface area contributed by atoms with E-state index in [0.717, 1.165) is 0 Å². The Hall–Kier alpha value is -1.99. The van der Waals surface area contributed by atoms with E-state index in [1.807, 2.05) is 20.8 Å². The number of aromatic nitrogens is 4. The van der Waals surface area contributed by atoms with Gasteiger partial charge in [0.25, 0.3) is 0 Å². The largest absolute Gasteiger partial charge is 0.342 e. The van der Waals surface area contributed by atoms with Crippen LogP contribution in [0.5, 0.6) is 0 Å². The second-order valence-corrected chi connectivity index (χ2v) is 5.32. The molecule has 2 rings (SSSR count). The van der Waals surface area contributed by atoms with Crippen LogP contribution in [-0.2, 0) is 23.2 Å². The maximum atomic E-state index is 12.5. The van der Waals surface area contributed by atoms with Crippen LogP contribution in [0.4, 0.5) is 0 Å². The molecule has 2 unspecified atom stereocenters. The molecule has 0 aliphatic carbocycles. The molecule has 1 aliphatic rings. The first-order valence-corrected chi connectivity index (χ1v) is 6.77. The van der Waals surface area contributed by atoms with Gasteiger partial charge in [0.1, 0.15) is 12.1 Å². The average molecular weight is 280 g/mol. The lowest BCUT2D eigenvalue weighted by Gasteiger charge is -2.39. The van der Waals surface area contributed by atoms with E-state index in [0.29, 0.717) is 12.2 Å². The molecule has 1 saturated heterocycles. The van der Waals surface area contributed by atoms with Gasteiger partial charge in [0.15, 0.2) is 5.82 Å². The van der Waals surface area contributed by atoms with Gasteiger partial charge in [0.05, 0.1) is 13.6 Å². The van der Waals surface area contributed by atoms with Crippen molar-refractivity contribution < 1.29 is 9.59 Å². The van der Waals surface area contributed by atoms with Gasteiger partial charge < -0.3 is 10.2 Å². The average Bonchev–Trinajstić information content (AvgIpc) is 2.79. The minimum absolute atomic E-state index is 0.0431. The third-order valence-electron chi connectivity index (χ3n) is 3.44. The van der Waals surface area contributed by atoms with Crippen LogP contribution in [0.3, 0.4) is 0 Å². The van der Waals surface area contributed by atoms with Crippen LogP contribution in [0.15, 0.2) is 0 Å². The van der Waals surface area contributed by atoms with Gasteiger partial charge in [-0.05, 0) is 17.6 Å². The highest BCUT2D eigenvalue weighted by atomic mass is 16.2. The number of rotatable bonds is 4. The highest BCUT2D eigenvalue weighted by molar-refractivity contribution is 5.97. The smallest absolute Gasteiger partial charge is 0.246 e. The lowest BCUT2D eigenvalue weighted by Crippen LogP contribution is -2.64. The van der Waals surface area contributed by atoms with E-state index in [1.54, 1.807) is 11.9 Å². The van der Waals surface area contributed by atoms with Crippen LogP contribution < -0.4 is 5.32 Å². The van der Waals surface area contributed by atoms with E-state index >= 15 is 0 Å². The molecule has 1 N–H and O–H groups in total. The zero-order valence-corrected chi connectivity index (χ0v) is 12.2. The van der Waals surface area contributed by atoms with Crippen molar-refractivity contribution in [3.8, 4) is 0 Å². The Morgan fingerprint density at radius 1 is 1.35 bits per heavy atom. The Morgan fingerprint density at radius 2 is 2.05 bits per heavy atom. The highest BCUT2D eigenvalue weighted by Gasteiger charge is 2.41. The summed E-state index contributed by atoms with van der Waals surface area (Å²) in [6.07, 6.45) is 0.558. The van der Waals surface area contributed by atoms with E-state index in [4.69, 9.17) is 0 Å². The fraction of sp³-hybridized carbons (Fsp3) is 0.750. The number of carbonyl (C=O) groups is 2. The number of amides is 2. The number of hydrogen-bond donors (Lipinski definition) is 1. The van der Waals surface area contributed by atoms with Crippen molar-refractivity contribution in [2.45, 2.75) is 45.8 Å². The fourth-order valence-electron chi connectivity index (χ4n) is 2.37. The molecule has 1 aliphatic heterocycles. The number of carbonyl (C=O) groups excluding carboxylic acids is 2. The summed E-state index contributed by atoms with van der Waals surface area (Å²) in [5, 5.41) is 14.5. The molecule has 2 heterocycles. The van der Waals surface area contributed by atoms with Crippen LogP contribution in [-0.4, -0.2) is 49.0 Å². The Balaban J connectivity index is 2.24. The van der Waals surface area contributed by atoms with Gasteiger partial charge in [-0.15, -0.1) is 10.2 Å². The first kappa shape index (κ1) is 14.4. The number of nitrogens with zero attached hydrogens (tertiary/aromatic N) is 5. The molecule has 110 valence electrons. The second-order valence-electron chi connectivity index (χ2n) is 5.32. The molecule has 0 radical (unpaired) electrons. The molecule has 0 aromatic carbocycles. The standard InChI is InChI=1S/C12H20N6O2/c1-5-8-11(19)13-10(7(2)3)12(20)18(8)6-9-14-16-17(4)15-9/h7-8,10H,5-6H2,1-4H3,(H,13,19). The van der Waals surface area contributed by atoms with Gasteiger partial charge in [-0.3, -0.25) is 9.59 Å². The van der Waals surface area contributed by atoms with Crippen LogP contribution >= 0.6 is 0 Å². The van der Waals surface area contributed by atoms with Crippen LogP contribution in [0, 0.1) is 5.92 Å². The Bertz CT molecular complexity index is 512. The first-order chi connectivity index (χ1) is 9.43. The van der Waals surface area contributed by atoms with Gasteiger partial charge in [0.2, 0.25) is 11.8 Å². The Labute approximate surface area is 117 Å². The number of piperazine rings is 1. The van der Waals surface area contributed by atoms with Crippen molar-refractivity contribution in [3.63, 3.8) is 0 Å². The molecule has 2 atom stereocenters. The van der Waals surface area contributed by atoms with Crippen molar-refractivity contribution in [1.82, 2.24) is 30.4 Å². The predicted octanol–water partition coefficient (Wildman–Crippen LogP) is -0.528. The van der Waals surface area contributed by atoms with E-state index in [2.05, 4.69) is 20.7 Å². The fourth-order valence-corrected chi connectivity index (χ4v) is 2.37. The van der Waals surface area contributed by atoms with Gasteiger partial charge in [-0.1, -0.05) is 20.8 Å². The van der Waals surface area contributed by atoms with Gasteiger partial charge in [0, 0.05) is 0 Å². The van der Waals surface area contributed by atoms with Gasteiger partial charge in [-0.25, -0.2) is 0 Å². The summed E-state index contributed by atoms with van der Waals surface area (Å²) in [6.45, 7) is 5.91. The van der Waals surface area contributed by atoms with Crippen molar-refractivity contribution >= 4 is 11.8 Å². The summed E-state index contributed by atoms with van der Waals surface area (Å²) in [7, 11) is 1.66. The molecule has 0 spiro atoms. The zero-order valence-electron chi connectivity index (χ0n) is 12.2. The summed E-state index contributed by atoms with van der Waals surface area (Å²) < 4.78 is 0. The summed E-state index contributed by atoms with van der Waals surface area (Å²) in [4.78, 5) is 27.5. The molecular formula is C12H20N6O2. The molecule has 8 heteroatoms. The molecule has 2 amide bonds. The van der Waals surface area contributed by atoms with Crippen molar-refractivity contribution in [2.75, 3.05) is 0 Å². The summed E-state index contributed by atoms with van der Waals surface area (Å²) in [5.41, 5.74) is 0. The molecule has 1 aromatic rings. The molecule has 1 aromatic heterocycles. The molecule has 20 heavy (non-hydrogen) atoms. The minimum atomic E-state index is -0.484. The van der Waals surface area contributed by atoms with E-state index in [-0.39, 0.29) is 24.3 Å². The molecular weight excluding hydrogens is 260 g/mol. The van der Waals surface area contributed by atoms with E-state index in [1.165, 1.54) is 4.80 Å². The molecule has 0 saturated carbocycles.